The van der Waals surface area contributed by atoms with Crippen molar-refractivity contribution in [1.82, 2.24) is 0 Å². The average molecular weight is 1160 g/mol. The summed E-state index contributed by atoms with van der Waals surface area (Å²) in [5, 5.41) is 0. The van der Waals surface area contributed by atoms with Gasteiger partial charge in [-0.25, -0.2) is 16.8 Å². The monoisotopic (exact) mass is 1150 g/mol. The van der Waals surface area contributed by atoms with Crippen molar-refractivity contribution in [3.05, 3.63) is 24.3 Å². The molecule has 0 rings (SSSR count). The fraction of sp³-hybridized carbons (Fsp3) is 0.939. The molecule has 0 aromatic heterocycles. The van der Waals surface area contributed by atoms with E-state index in [0.717, 1.165) is 38.5 Å². The van der Waals surface area contributed by atoms with Crippen molar-refractivity contribution in [2.24, 2.45) is 11.8 Å². The van der Waals surface area contributed by atoms with Crippen LogP contribution in [0.25, 0.3) is 0 Å². The molecule has 0 saturated carbocycles. The maximum atomic E-state index is 10.9. The third kappa shape index (κ3) is 76.5. The van der Waals surface area contributed by atoms with Crippen LogP contribution in [0.4, 0.5) is 0 Å². The second-order valence-electron chi connectivity index (χ2n) is 23.2. The van der Waals surface area contributed by atoms with Gasteiger partial charge < -0.3 is 9.11 Å². The third-order valence-corrected chi connectivity index (χ3v) is 16.3. The van der Waals surface area contributed by atoms with Crippen molar-refractivity contribution in [2.75, 3.05) is 13.2 Å². The van der Waals surface area contributed by atoms with Crippen molar-refractivity contribution >= 4 is 58.5 Å². The normalized spacial score (nSPS) is 12.9. The molecule has 0 saturated heterocycles. The van der Waals surface area contributed by atoms with E-state index < -0.39 is 20.8 Å². The van der Waals surface area contributed by atoms with Gasteiger partial charge in [0.2, 0.25) is 20.8 Å². The van der Waals surface area contributed by atoms with Crippen LogP contribution >= 0.6 is 0 Å². The van der Waals surface area contributed by atoms with Crippen LogP contribution in [0.1, 0.15) is 374 Å². The molecule has 0 heterocycles. The van der Waals surface area contributed by atoms with Gasteiger partial charge in [-0.15, -0.1) is 0 Å². The van der Waals surface area contributed by atoms with Gasteiger partial charge in [-0.1, -0.05) is 360 Å². The summed E-state index contributed by atoms with van der Waals surface area (Å²) in [4.78, 5) is 0. The van der Waals surface area contributed by atoms with Crippen molar-refractivity contribution in [3.63, 3.8) is 0 Å². The Hall–Kier alpha value is 0.480. The third-order valence-electron chi connectivity index (χ3n) is 15.5. The van der Waals surface area contributed by atoms with Crippen LogP contribution in [0.3, 0.4) is 0 Å². The second-order valence-corrected chi connectivity index (χ2v) is 25.3. The number of rotatable bonds is 62. The van der Waals surface area contributed by atoms with E-state index in [1.807, 2.05) is 0 Å². The average Bonchev–Trinajstić information content (AvgIpc) is 3.39. The molecule has 0 spiro atoms. The van der Waals surface area contributed by atoms with Crippen LogP contribution < -0.4 is 0 Å². The molecule has 0 aromatic rings. The predicted octanol–water partition coefficient (Wildman–Crippen LogP) is 22.0. The van der Waals surface area contributed by atoms with Crippen LogP contribution in [0.5, 0.6) is 0 Å². The molecule has 77 heavy (non-hydrogen) atoms. The Morgan fingerprint density at radius 1 is 0.286 bits per heavy atom. The van der Waals surface area contributed by atoms with Crippen LogP contribution in [-0.2, 0) is 29.2 Å². The van der Waals surface area contributed by atoms with Crippen LogP contribution in [0, 0.1) is 11.8 Å². The maximum absolute atomic E-state index is 10.9. The Bertz CT molecular complexity index is 1290. The molecule has 8 nitrogen and oxygen atoms in total. The summed E-state index contributed by atoms with van der Waals surface area (Å²) in [5.41, 5.74) is 0. The fourth-order valence-corrected chi connectivity index (χ4v) is 11.1. The summed E-state index contributed by atoms with van der Waals surface area (Å²) in [6.45, 7) is 9.03. The molecule has 456 valence electrons. The number of unbranched alkanes of at least 4 members (excludes halogenated alkanes) is 48. The molecular formula is C66H130CaO8S2. The predicted molar refractivity (Wildman–Crippen MR) is 334 cm³/mol. The van der Waals surface area contributed by atoms with Gasteiger partial charge in [0.15, 0.2) is 0 Å². The molecule has 0 bridgehead atoms. The van der Waals surface area contributed by atoms with E-state index in [1.54, 1.807) is 0 Å². The summed E-state index contributed by atoms with van der Waals surface area (Å²) in [6.07, 6.45) is 79.0. The van der Waals surface area contributed by atoms with E-state index in [9.17, 15) is 25.9 Å². The van der Waals surface area contributed by atoms with Crippen LogP contribution in [0.2, 0.25) is 0 Å². The minimum atomic E-state index is -4.62. The Morgan fingerprint density at radius 2 is 0.455 bits per heavy atom. The first kappa shape index (κ1) is 81.7. The molecule has 0 aliphatic heterocycles. The second kappa shape index (κ2) is 67.3. The molecule has 0 radical (unpaired) electrons. The smallest absolute Gasteiger partial charge is 0.726 e. The zero-order valence-electron chi connectivity index (χ0n) is 51.9. The van der Waals surface area contributed by atoms with E-state index >= 15 is 0 Å². The van der Waals surface area contributed by atoms with Crippen molar-refractivity contribution < 1.29 is 34.3 Å². The fourth-order valence-electron chi connectivity index (χ4n) is 10.4. The molecule has 11 heteroatoms. The van der Waals surface area contributed by atoms with Gasteiger partial charge in [-0.2, -0.15) is 0 Å². The zero-order valence-corrected chi connectivity index (χ0v) is 55.7. The molecule has 0 fully saturated rings. The zero-order chi connectivity index (χ0) is 56.0. The van der Waals surface area contributed by atoms with Gasteiger partial charge in [-0.05, 0) is 38.5 Å². The molecule has 0 N–H and O–H groups in total. The first-order valence-corrected chi connectivity index (χ1v) is 36.2. The van der Waals surface area contributed by atoms with Crippen LogP contribution in [-0.4, -0.2) is 76.9 Å². The molecule has 0 amide bonds. The van der Waals surface area contributed by atoms with Gasteiger partial charge in [0.05, 0.1) is 13.2 Å². The van der Waals surface area contributed by atoms with Gasteiger partial charge in [0.1, 0.15) is 0 Å². The van der Waals surface area contributed by atoms with E-state index in [0.29, 0.717) is 0 Å². The number of hydrogen-bond donors (Lipinski definition) is 0. The summed E-state index contributed by atoms with van der Waals surface area (Å²) in [6, 6.07) is 0. The maximum Gasteiger partial charge on any atom is 2.00 e. The Balaban J connectivity index is -0.00000140. The number of hydrogen-bond acceptors (Lipinski definition) is 8. The van der Waals surface area contributed by atoms with Gasteiger partial charge in [0.25, 0.3) is 0 Å². The van der Waals surface area contributed by atoms with E-state index in [2.05, 4.69) is 60.4 Å². The van der Waals surface area contributed by atoms with E-state index in [-0.39, 0.29) is 62.8 Å². The minimum absolute atomic E-state index is 0. The van der Waals surface area contributed by atoms with Gasteiger partial charge in [-0.3, -0.25) is 8.37 Å². The Labute approximate surface area is 512 Å². The molecule has 0 aliphatic carbocycles. The molecule has 0 aromatic carbocycles. The minimum Gasteiger partial charge on any atom is -0.726 e. The Kier molecular flexibility index (Phi) is 71.4. The standard InChI is InChI=1S/2C33H66O4S.Ca/c2*1-3-5-7-9-11-13-15-16-17-18-19-20-21-23-25-27-29-31-33(32-37-38(34,35)36)30-28-26-24-22-14-12-10-8-6-4-2;/h2*29,31,33H,3-28,30,32H2,1-2H3,(H,34,35,36);/q;;+2/p-2/b2*31-29+;. The van der Waals surface area contributed by atoms with Crippen molar-refractivity contribution in [2.45, 2.75) is 374 Å². The SMILES string of the molecule is CCCCCCCCCCCCCCCCC/C=C/C(CCCCCCCCCCCC)COS(=O)(=O)[O-].CCCCCCCCCCCCCCCCC/C=C/C(CCCCCCCCCCCC)COS(=O)(=O)[O-].[Ca+2]. The summed E-state index contributed by atoms with van der Waals surface area (Å²) < 4.78 is 74.6. The van der Waals surface area contributed by atoms with E-state index in [1.165, 1.54) is 308 Å². The summed E-state index contributed by atoms with van der Waals surface area (Å²) in [7, 11) is -9.23. The largest absolute Gasteiger partial charge is 2.00 e. The summed E-state index contributed by atoms with van der Waals surface area (Å²) in [5.74, 6) is 0.0354. The van der Waals surface area contributed by atoms with Crippen LogP contribution in [0.15, 0.2) is 24.3 Å². The van der Waals surface area contributed by atoms with Gasteiger partial charge in [0, 0.05) is 11.8 Å². The first-order valence-electron chi connectivity index (χ1n) is 33.5. The van der Waals surface area contributed by atoms with E-state index in [4.69, 9.17) is 0 Å². The quantitative estimate of drug-likeness (QED) is 0.0193. The Morgan fingerprint density at radius 3 is 0.636 bits per heavy atom. The first-order chi connectivity index (χ1) is 37.0. The molecule has 0 aliphatic rings. The topological polar surface area (TPSA) is 133 Å². The molecule has 2 atom stereocenters. The number of allylic oxidation sites excluding steroid dienone is 2. The molecule has 2 unspecified atom stereocenters. The van der Waals surface area contributed by atoms with Crippen molar-refractivity contribution in [3.8, 4) is 0 Å². The molecular weight excluding hydrogens is 1020 g/mol. The van der Waals surface area contributed by atoms with Gasteiger partial charge >= 0.3 is 37.7 Å². The van der Waals surface area contributed by atoms with Crippen molar-refractivity contribution in [1.29, 1.82) is 0 Å². The summed E-state index contributed by atoms with van der Waals surface area (Å²) >= 11 is 0.